The fraction of sp³-hybridized carbons (Fsp3) is 0.600. The van der Waals surface area contributed by atoms with Crippen LogP contribution in [-0.2, 0) is 0 Å². The molecule has 0 atom stereocenters. The van der Waals surface area contributed by atoms with E-state index < -0.39 is 0 Å². The smallest absolute Gasteiger partial charge is 0.252 e. The van der Waals surface area contributed by atoms with Crippen LogP contribution in [0.2, 0.25) is 0 Å². The zero-order chi connectivity index (χ0) is 14.8. The number of aromatic nitrogens is 1. The molecule has 0 aliphatic rings. The second-order valence-corrected chi connectivity index (χ2v) is 5.59. The molecule has 0 saturated carbocycles. The van der Waals surface area contributed by atoms with Crippen molar-refractivity contribution in [2.45, 2.75) is 31.6 Å². The summed E-state index contributed by atoms with van der Waals surface area (Å²) in [5.74, 6) is -0.0404. The normalized spacial score (nSPS) is 10.8. The van der Waals surface area contributed by atoms with Gasteiger partial charge in [0.05, 0.1) is 5.56 Å². The van der Waals surface area contributed by atoms with Gasteiger partial charge in [-0.3, -0.25) is 9.78 Å². The summed E-state index contributed by atoms with van der Waals surface area (Å²) in [6, 6.07) is 1.88. The van der Waals surface area contributed by atoms with Crippen LogP contribution in [-0.4, -0.2) is 48.2 Å². The predicted octanol–water partition coefficient (Wildman–Crippen LogP) is 2.66. The Kier molecular flexibility index (Phi) is 8.30. The third-order valence-corrected chi connectivity index (χ3v) is 3.70. The monoisotopic (exact) mass is 295 g/mol. The van der Waals surface area contributed by atoms with Crippen LogP contribution in [0, 0.1) is 0 Å². The van der Waals surface area contributed by atoms with Crippen molar-refractivity contribution < 1.29 is 4.79 Å². The van der Waals surface area contributed by atoms with Crippen LogP contribution >= 0.6 is 11.8 Å². The topological polar surface area (TPSA) is 45.2 Å². The van der Waals surface area contributed by atoms with Crippen LogP contribution in [0.1, 0.15) is 37.0 Å². The Morgan fingerprint density at radius 2 is 1.95 bits per heavy atom. The van der Waals surface area contributed by atoms with Crippen LogP contribution in [0.4, 0.5) is 0 Å². The van der Waals surface area contributed by atoms with Gasteiger partial charge in [0.1, 0.15) is 0 Å². The lowest BCUT2D eigenvalue weighted by atomic mass is 10.2. The molecular weight excluding hydrogens is 270 g/mol. The first-order valence-electron chi connectivity index (χ1n) is 7.20. The molecule has 0 saturated heterocycles. The number of carbonyl (C=O) groups is 1. The number of pyridine rings is 1. The molecule has 0 spiro atoms. The Hall–Kier alpha value is -1.07. The standard InChI is InChI=1S/C15H25N3OS/c1-4-7-18(8-5-2)9-6-17-15(19)13-10-14(20-3)12-16-11-13/h10-12H,4-9H2,1-3H3,(H,17,19). The average Bonchev–Trinajstić information content (AvgIpc) is 2.47. The minimum absolute atomic E-state index is 0.0404. The molecule has 1 amide bonds. The molecule has 0 unspecified atom stereocenters. The largest absolute Gasteiger partial charge is 0.351 e. The van der Waals surface area contributed by atoms with Crippen LogP contribution in [0.5, 0.6) is 0 Å². The molecule has 0 aliphatic heterocycles. The zero-order valence-corrected chi connectivity index (χ0v) is 13.5. The molecule has 1 rings (SSSR count). The van der Waals surface area contributed by atoms with Crippen molar-refractivity contribution in [2.75, 3.05) is 32.4 Å². The van der Waals surface area contributed by atoms with E-state index in [2.05, 4.69) is 29.0 Å². The molecule has 4 nitrogen and oxygen atoms in total. The molecule has 0 bridgehead atoms. The van der Waals surface area contributed by atoms with Crippen molar-refractivity contribution in [2.24, 2.45) is 0 Å². The van der Waals surface area contributed by atoms with Crippen LogP contribution in [0.25, 0.3) is 0 Å². The van der Waals surface area contributed by atoms with Crippen LogP contribution in [0.15, 0.2) is 23.4 Å². The van der Waals surface area contributed by atoms with Crippen molar-refractivity contribution in [1.29, 1.82) is 0 Å². The summed E-state index contributed by atoms with van der Waals surface area (Å²) in [6.07, 6.45) is 7.66. The number of nitrogens with one attached hydrogen (secondary N) is 1. The number of thioether (sulfide) groups is 1. The molecule has 5 heteroatoms. The average molecular weight is 295 g/mol. The minimum atomic E-state index is -0.0404. The van der Waals surface area contributed by atoms with Gasteiger partial charge in [-0.05, 0) is 38.3 Å². The third-order valence-electron chi connectivity index (χ3n) is 3.00. The number of amides is 1. The molecule has 1 N–H and O–H groups in total. The lowest BCUT2D eigenvalue weighted by molar-refractivity contribution is 0.0947. The maximum Gasteiger partial charge on any atom is 0.252 e. The molecule has 0 fully saturated rings. The maximum atomic E-state index is 12.0. The summed E-state index contributed by atoms with van der Waals surface area (Å²) in [7, 11) is 0. The second kappa shape index (κ2) is 9.77. The van der Waals surface area contributed by atoms with Crippen molar-refractivity contribution in [1.82, 2.24) is 15.2 Å². The van der Waals surface area contributed by atoms with E-state index in [1.807, 2.05) is 12.3 Å². The molecular formula is C15H25N3OS. The summed E-state index contributed by atoms with van der Waals surface area (Å²) in [5, 5.41) is 2.97. The SMILES string of the molecule is CCCN(CCC)CCNC(=O)c1cncc(SC)c1. The molecule has 0 aromatic carbocycles. The highest BCUT2D eigenvalue weighted by Crippen LogP contribution is 2.13. The van der Waals surface area contributed by atoms with E-state index in [0.29, 0.717) is 12.1 Å². The van der Waals surface area contributed by atoms with Gasteiger partial charge in [-0.2, -0.15) is 0 Å². The fourth-order valence-corrected chi connectivity index (χ4v) is 2.46. The van der Waals surface area contributed by atoms with Gasteiger partial charge in [0.25, 0.3) is 5.91 Å². The number of hydrogen-bond donors (Lipinski definition) is 1. The van der Waals surface area contributed by atoms with Crippen LogP contribution in [0.3, 0.4) is 0 Å². The first kappa shape index (κ1) is 17.0. The summed E-state index contributed by atoms with van der Waals surface area (Å²) in [5.41, 5.74) is 0.634. The van der Waals surface area contributed by atoms with Gasteiger partial charge < -0.3 is 10.2 Å². The Morgan fingerprint density at radius 3 is 2.55 bits per heavy atom. The Balaban J connectivity index is 2.41. The molecule has 0 aliphatic carbocycles. The lowest BCUT2D eigenvalue weighted by Crippen LogP contribution is -2.35. The second-order valence-electron chi connectivity index (χ2n) is 4.71. The Labute approximate surface area is 126 Å². The predicted molar refractivity (Wildman–Crippen MR) is 85.4 cm³/mol. The van der Waals surface area contributed by atoms with Crippen molar-refractivity contribution in [3.63, 3.8) is 0 Å². The quantitative estimate of drug-likeness (QED) is 0.711. The van der Waals surface area contributed by atoms with E-state index >= 15 is 0 Å². The van der Waals surface area contributed by atoms with E-state index in [0.717, 1.165) is 37.4 Å². The molecule has 0 radical (unpaired) electrons. The summed E-state index contributed by atoms with van der Waals surface area (Å²) in [6.45, 7) is 8.13. The van der Waals surface area contributed by atoms with Crippen molar-refractivity contribution in [3.8, 4) is 0 Å². The summed E-state index contributed by atoms with van der Waals surface area (Å²) < 4.78 is 0. The first-order chi connectivity index (χ1) is 9.71. The van der Waals surface area contributed by atoms with Gasteiger partial charge in [-0.1, -0.05) is 13.8 Å². The van der Waals surface area contributed by atoms with E-state index in [9.17, 15) is 4.79 Å². The zero-order valence-electron chi connectivity index (χ0n) is 12.7. The van der Waals surface area contributed by atoms with E-state index in [1.165, 1.54) is 0 Å². The first-order valence-corrected chi connectivity index (χ1v) is 8.43. The summed E-state index contributed by atoms with van der Waals surface area (Å²) >= 11 is 1.59. The number of nitrogens with zero attached hydrogens (tertiary/aromatic N) is 2. The minimum Gasteiger partial charge on any atom is -0.351 e. The Bertz CT molecular complexity index is 406. The van der Waals surface area contributed by atoms with Gasteiger partial charge in [0, 0.05) is 30.4 Å². The molecule has 1 aromatic rings. The van der Waals surface area contributed by atoms with Gasteiger partial charge in [0.15, 0.2) is 0 Å². The molecule has 1 aromatic heterocycles. The lowest BCUT2D eigenvalue weighted by Gasteiger charge is -2.20. The van der Waals surface area contributed by atoms with Gasteiger partial charge in [-0.15, -0.1) is 11.8 Å². The number of rotatable bonds is 9. The maximum absolute atomic E-state index is 12.0. The van der Waals surface area contributed by atoms with E-state index in [4.69, 9.17) is 0 Å². The van der Waals surface area contributed by atoms with Gasteiger partial charge in [-0.25, -0.2) is 0 Å². The molecule has 112 valence electrons. The highest BCUT2D eigenvalue weighted by Gasteiger charge is 2.07. The van der Waals surface area contributed by atoms with Gasteiger partial charge >= 0.3 is 0 Å². The highest BCUT2D eigenvalue weighted by atomic mass is 32.2. The third kappa shape index (κ3) is 5.92. The summed E-state index contributed by atoms with van der Waals surface area (Å²) in [4.78, 5) is 19.5. The fourth-order valence-electron chi connectivity index (χ4n) is 2.05. The Morgan fingerprint density at radius 1 is 1.25 bits per heavy atom. The van der Waals surface area contributed by atoms with Gasteiger partial charge in [0.2, 0.25) is 0 Å². The highest BCUT2D eigenvalue weighted by molar-refractivity contribution is 7.98. The van der Waals surface area contributed by atoms with E-state index in [-0.39, 0.29) is 5.91 Å². The van der Waals surface area contributed by atoms with E-state index in [1.54, 1.807) is 24.2 Å². The number of hydrogen-bond acceptors (Lipinski definition) is 4. The van der Waals surface area contributed by atoms with Crippen molar-refractivity contribution in [3.05, 3.63) is 24.0 Å². The molecule has 20 heavy (non-hydrogen) atoms. The van der Waals surface area contributed by atoms with Crippen LogP contribution < -0.4 is 5.32 Å². The molecule has 1 heterocycles. The number of carbonyl (C=O) groups excluding carboxylic acids is 1. The van der Waals surface area contributed by atoms with Crippen molar-refractivity contribution >= 4 is 17.7 Å².